The molecule has 1 N–H and O–H groups in total. The van der Waals surface area contributed by atoms with Gasteiger partial charge in [-0.05, 0) is 38.1 Å². The summed E-state index contributed by atoms with van der Waals surface area (Å²) < 4.78 is 25.1. The number of hydrogen-bond acceptors (Lipinski definition) is 2. The van der Waals surface area contributed by atoms with Gasteiger partial charge in [0.2, 0.25) is 0 Å². The molecular formula is C14H20F2N2. The highest BCUT2D eigenvalue weighted by atomic mass is 19.3. The molecule has 4 heteroatoms. The van der Waals surface area contributed by atoms with Crippen molar-refractivity contribution in [2.24, 2.45) is 0 Å². The molecule has 1 fully saturated rings. The van der Waals surface area contributed by atoms with Gasteiger partial charge in [0.05, 0.1) is 0 Å². The fraction of sp³-hybridized carbons (Fsp3) is 0.571. The Morgan fingerprint density at radius 2 is 2.28 bits per heavy atom. The Morgan fingerprint density at radius 1 is 1.44 bits per heavy atom. The van der Waals surface area contributed by atoms with E-state index >= 15 is 0 Å². The van der Waals surface area contributed by atoms with Gasteiger partial charge in [-0.3, -0.25) is 0 Å². The van der Waals surface area contributed by atoms with E-state index in [1.54, 1.807) is 12.1 Å². The van der Waals surface area contributed by atoms with Crippen LogP contribution in [0.15, 0.2) is 24.3 Å². The molecule has 1 aliphatic rings. The van der Waals surface area contributed by atoms with Gasteiger partial charge in [0.25, 0.3) is 6.43 Å². The first-order chi connectivity index (χ1) is 8.65. The van der Waals surface area contributed by atoms with Crippen molar-refractivity contribution in [2.75, 3.05) is 20.1 Å². The summed E-state index contributed by atoms with van der Waals surface area (Å²) in [6.45, 7) is 2.85. The second-order valence-corrected chi connectivity index (χ2v) is 5.03. The van der Waals surface area contributed by atoms with Gasteiger partial charge in [-0.2, -0.15) is 0 Å². The lowest BCUT2D eigenvalue weighted by molar-refractivity contribution is 0.151. The van der Waals surface area contributed by atoms with Crippen molar-refractivity contribution in [3.63, 3.8) is 0 Å². The summed E-state index contributed by atoms with van der Waals surface area (Å²) in [6.07, 6.45) is -0.0184. The fourth-order valence-corrected chi connectivity index (χ4v) is 2.43. The van der Waals surface area contributed by atoms with Gasteiger partial charge < -0.3 is 10.2 Å². The molecule has 0 spiro atoms. The van der Waals surface area contributed by atoms with Crippen molar-refractivity contribution >= 4 is 0 Å². The quantitative estimate of drug-likeness (QED) is 0.889. The number of likely N-dealkylation sites (N-methyl/N-ethyl adjacent to an activating group) is 1. The maximum atomic E-state index is 12.6. The van der Waals surface area contributed by atoms with Crippen LogP contribution < -0.4 is 5.32 Å². The number of likely N-dealkylation sites (tertiary alicyclic amines) is 1. The van der Waals surface area contributed by atoms with Crippen LogP contribution in [0, 0.1) is 0 Å². The Bertz CT molecular complexity index is 382. The highest BCUT2D eigenvalue weighted by molar-refractivity contribution is 5.24. The molecule has 1 heterocycles. The topological polar surface area (TPSA) is 15.3 Å². The number of halogens is 2. The standard InChI is InChI=1S/C14H20F2N2/c1-18-7-3-6-13(10-18)17-9-11-4-2-5-12(8-11)14(15)16/h2,4-5,8,13-14,17H,3,6-7,9-10H2,1H3. The highest BCUT2D eigenvalue weighted by Gasteiger charge is 2.16. The fourth-order valence-electron chi connectivity index (χ4n) is 2.43. The minimum Gasteiger partial charge on any atom is -0.309 e. The summed E-state index contributed by atoms with van der Waals surface area (Å²) in [6, 6.07) is 7.13. The smallest absolute Gasteiger partial charge is 0.263 e. The number of nitrogens with one attached hydrogen (secondary N) is 1. The Labute approximate surface area is 107 Å². The summed E-state index contributed by atoms with van der Waals surface area (Å²) in [4.78, 5) is 2.30. The van der Waals surface area contributed by atoms with Crippen LogP contribution in [0.2, 0.25) is 0 Å². The van der Waals surface area contributed by atoms with Crippen LogP contribution in [0.4, 0.5) is 8.78 Å². The van der Waals surface area contributed by atoms with E-state index in [4.69, 9.17) is 0 Å². The van der Waals surface area contributed by atoms with Crippen molar-refractivity contribution in [1.82, 2.24) is 10.2 Å². The second-order valence-electron chi connectivity index (χ2n) is 5.03. The van der Waals surface area contributed by atoms with Gasteiger partial charge in [0, 0.05) is 24.7 Å². The number of alkyl halides is 2. The van der Waals surface area contributed by atoms with Gasteiger partial charge in [-0.1, -0.05) is 18.2 Å². The number of rotatable bonds is 4. The maximum Gasteiger partial charge on any atom is 0.263 e. The first-order valence-electron chi connectivity index (χ1n) is 6.44. The van der Waals surface area contributed by atoms with E-state index in [9.17, 15) is 8.78 Å². The molecule has 18 heavy (non-hydrogen) atoms. The molecule has 0 radical (unpaired) electrons. The van der Waals surface area contributed by atoms with Gasteiger partial charge in [0.15, 0.2) is 0 Å². The monoisotopic (exact) mass is 254 g/mol. The van der Waals surface area contributed by atoms with E-state index < -0.39 is 6.43 Å². The molecule has 2 nitrogen and oxygen atoms in total. The van der Waals surface area contributed by atoms with Crippen molar-refractivity contribution in [1.29, 1.82) is 0 Å². The van der Waals surface area contributed by atoms with Crippen LogP contribution >= 0.6 is 0 Å². The minimum absolute atomic E-state index is 0.107. The number of nitrogens with zero attached hydrogens (tertiary/aromatic N) is 1. The van der Waals surface area contributed by atoms with E-state index in [0.717, 1.165) is 18.7 Å². The average Bonchev–Trinajstić information content (AvgIpc) is 2.37. The average molecular weight is 254 g/mol. The van der Waals surface area contributed by atoms with Crippen LogP contribution in [0.3, 0.4) is 0 Å². The summed E-state index contributed by atoms with van der Waals surface area (Å²) in [5.41, 5.74) is 1.04. The lowest BCUT2D eigenvalue weighted by Gasteiger charge is -2.30. The number of hydrogen-bond donors (Lipinski definition) is 1. The summed E-state index contributed by atoms with van der Waals surface area (Å²) in [5.74, 6) is 0. The van der Waals surface area contributed by atoms with Crippen LogP contribution in [0.1, 0.15) is 30.4 Å². The second kappa shape index (κ2) is 6.25. The molecule has 0 amide bonds. The highest BCUT2D eigenvalue weighted by Crippen LogP contribution is 2.19. The Kier molecular flexibility index (Phi) is 4.66. The molecule has 0 aliphatic carbocycles. The molecule has 100 valence electrons. The Hall–Kier alpha value is -1.00. The SMILES string of the molecule is CN1CCCC(NCc2cccc(C(F)F)c2)C1. The summed E-state index contributed by atoms with van der Waals surface area (Å²) in [7, 11) is 2.12. The van der Waals surface area contributed by atoms with Crippen LogP contribution in [0.5, 0.6) is 0 Å². The third-order valence-electron chi connectivity index (χ3n) is 3.42. The molecule has 1 aromatic rings. The van der Waals surface area contributed by atoms with Crippen molar-refractivity contribution in [3.8, 4) is 0 Å². The molecule has 0 aromatic heterocycles. The van der Waals surface area contributed by atoms with Gasteiger partial charge in [0.1, 0.15) is 0 Å². The zero-order valence-electron chi connectivity index (χ0n) is 10.7. The van der Waals surface area contributed by atoms with Gasteiger partial charge in [-0.25, -0.2) is 8.78 Å². The zero-order chi connectivity index (χ0) is 13.0. The molecular weight excluding hydrogens is 234 g/mol. The predicted molar refractivity (Wildman–Crippen MR) is 68.8 cm³/mol. The summed E-state index contributed by atoms with van der Waals surface area (Å²) in [5, 5.41) is 3.45. The minimum atomic E-state index is -2.38. The van der Waals surface area contributed by atoms with Crippen LogP contribution in [0.25, 0.3) is 0 Å². The Balaban J connectivity index is 1.87. The third kappa shape index (κ3) is 3.75. The molecule has 2 rings (SSSR count). The van der Waals surface area contributed by atoms with E-state index in [1.165, 1.54) is 18.9 Å². The van der Waals surface area contributed by atoms with Crippen LogP contribution in [-0.4, -0.2) is 31.1 Å². The molecule has 1 aliphatic heterocycles. The predicted octanol–water partition coefficient (Wildman–Crippen LogP) is 2.81. The molecule has 0 saturated carbocycles. The third-order valence-corrected chi connectivity index (χ3v) is 3.42. The first kappa shape index (κ1) is 13.4. The summed E-state index contributed by atoms with van der Waals surface area (Å²) >= 11 is 0. The number of benzene rings is 1. The van der Waals surface area contributed by atoms with E-state index in [-0.39, 0.29) is 5.56 Å². The number of piperidine rings is 1. The largest absolute Gasteiger partial charge is 0.309 e. The molecule has 1 atom stereocenters. The molecule has 0 bridgehead atoms. The van der Waals surface area contributed by atoms with E-state index in [2.05, 4.69) is 17.3 Å². The van der Waals surface area contributed by atoms with E-state index in [1.807, 2.05) is 6.07 Å². The first-order valence-corrected chi connectivity index (χ1v) is 6.44. The van der Waals surface area contributed by atoms with Gasteiger partial charge in [-0.15, -0.1) is 0 Å². The van der Waals surface area contributed by atoms with Crippen molar-refractivity contribution < 1.29 is 8.78 Å². The Morgan fingerprint density at radius 3 is 3.00 bits per heavy atom. The van der Waals surface area contributed by atoms with E-state index in [0.29, 0.717) is 12.6 Å². The van der Waals surface area contributed by atoms with Crippen molar-refractivity contribution in [2.45, 2.75) is 31.9 Å². The normalized spacial score (nSPS) is 21.4. The van der Waals surface area contributed by atoms with Crippen molar-refractivity contribution in [3.05, 3.63) is 35.4 Å². The molecule has 1 unspecified atom stereocenters. The van der Waals surface area contributed by atoms with Gasteiger partial charge >= 0.3 is 0 Å². The molecule has 1 aromatic carbocycles. The lowest BCUT2D eigenvalue weighted by atomic mass is 10.1. The molecule has 1 saturated heterocycles. The zero-order valence-corrected chi connectivity index (χ0v) is 10.7. The lowest BCUT2D eigenvalue weighted by Crippen LogP contribution is -2.43. The van der Waals surface area contributed by atoms with Crippen LogP contribution in [-0.2, 0) is 6.54 Å². The maximum absolute atomic E-state index is 12.6.